The minimum absolute atomic E-state index is 0.0150. The van der Waals surface area contributed by atoms with Crippen LogP contribution < -0.4 is 38.9 Å². The number of rotatable bonds is 12. The first kappa shape index (κ1) is 33.8. The summed E-state index contributed by atoms with van der Waals surface area (Å²) in [6.45, 7) is 1.34. The minimum atomic E-state index is -0.320. The number of carbonyl (C=O) groups excluding carboxylic acids is 3. The molecule has 4 aromatic carbocycles. The van der Waals surface area contributed by atoms with Gasteiger partial charge in [0, 0.05) is 46.1 Å². The maximum Gasteiger partial charge on any atom is 0.267 e. The van der Waals surface area contributed by atoms with Crippen molar-refractivity contribution in [1.82, 2.24) is 20.6 Å². The van der Waals surface area contributed by atoms with Gasteiger partial charge in [-0.05, 0) is 70.8 Å². The lowest BCUT2D eigenvalue weighted by molar-refractivity contribution is 0.0939. The SMILES string of the molecule is NC(N)=NCc1cccc(CNC(=O)c2cc3cc(NC(=O)c4ccc5[nH]c(C(=O)NCc6cccc(CN=C(N)N)c6)cc5c4)ccc3[nH]2)c1. The van der Waals surface area contributed by atoms with Gasteiger partial charge in [0.05, 0.1) is 13.1 Å². The normalized spacial score (nSPS) is 10.8. The van der Waals surface area contributed by atoms with Gasteiger partial charge in [-0.25, -0.2) is 9.98 Å². The molecule has 14 heteroatoms. The molecule has 0 radical (unpaired) electrons. The quantitative estimate of drug-likeness (QED) is 0.0687. The van der Waals surface area contributed by atoms with E-state index in [2.05, 4.69) is 35.9 Å². The van der Waals surface area contributed by atoms with Gasteiger partial charge in [-0.2, -0.15) is 0 Å². The second kappa shape index (κ2) is 15.0. The zero-order valence-corrected chi connectivity index (χ0v) is 27.5. The Kier molecular flexibility index (Phi) is 9.93. The van der Waals surface area contributed by atoms with Gasteiger partial charge in [-0.15, -0.1) is 0 Å². The van der Waals surface area contributed by atoms with E-state index in [1.54, 1.807) is 48.5 Å². The highest BCUT2D eigenvalue weighted by Gasteiger charge is 2.14. The lowest BCUT2D eigenvalue weighted by Gasteiger charge is -2.06. The lowest BCUT2D eigenvalue weighted by atomic mass is 10.1. The van der Waals surface area contributed by atoms with Crippen molar-refractivity contribution in [1.29, 1.82) is 0 Å². The monoisotopic (exact) mass is 683 g/mol. The van der Waals surface area contributed by atoms with Gasteiger partial charge in [0.1, 0.15) is 11.4 Å². The van der Waals surface area contributed by atoms with E-state index in [-0.39, 0.29) is 29.6 Å². The van der Waals surface area contributed by atoms with Crippen molar-refractivity contribution in [2.24, 2.45) is 32.9 Å². The van der Waals surface area contributed by atoms with Crippen molar-refractivity contribution < 1.29 is 14.4 Å². The van der Waals surface area contributed by atoms with Gasteiger partial charge in [0.25, 0.3) is 17.7 Å². The van der Waals surface area contributed by atoms with E-state index in [9.17, 15) is 14.4 Å². The fourth-order valence-corrected chi connectivity index (χ4v) is 5.53. The molecule has 0 saturated carbocycles. The molecule has 14 nitrogen and oxygen atoms in total. The van der Waals surface area contributed by atoms with Crippen LogP contribution in [0.25, 0.3) is 21.8 Å². The predicted octanol–water partition coefficient (Wildman–Crippen LogP) is 3.31. The summed E-state index contributed by atoms with van der Waals surface area (Å²) < 4.78 is 0. The Morgan fingerprint density at radius 3 is 1.57 bits per heavy atom. The number of fused-ring (bicyclic) bond motifs is 2. The standard InChI is InChI=1S/C37H37N11O3/c38-36(39)44-19-23-5-1-3-21(11-23)17-42-34(50)31-15-26-13-25(7-9-29(26)47-31)33(49)46-28-8-10-30-27(14-28)16-32(48-30)35(51)43-18-22-4-2-6-24(12-22)20-45-37(40)41/h1-16,47-48H,17-20H2,(H,42,50)(H,43,51)(H,46,49)(H4,38,39,44)(H4,40,41,45). The molecule has 13 N–H and O–H groups in total. The van der Waals surface area contributed by atoms with Crippen LogP contribution in [0.3, 0.4) is 0 Å². The average Bonchev–Trinajstić information content (AvgIpc) is 3.76. The Hall–Kier alpha value is -7.09. The maximum absolute atomic E-state index is 13.2. The number of hydrogen-bond donors (Lipinski definition) is 9. The van der Waals surface area contributed by atoms with Gasteiger partial charge < -0.3 is 48.9 Å². The number of nitrogens with two attached hydrogens (primary N) is 4. The van der Waals surface area contributed by atoms with Crippen LogP contribution in [0, 0.1) is 0 Å². The summed E-state index contributed by atoms with van der Waals surface area (Å²) in [7, 11) is 0. The van der Waals surface area contributed by atoms with E-state index in [1.807, 2.05) is 48.5 Å². The number of hydrogen-bond acceptors (Lipinski definition) is 5. The summed E-state index contributed by atoms with van der Waals surface area (Å²) in [5.74, 6) is -0.842. The van der Waals surface area contributed by atoms with Crippen molar-refractivity contribution in [3.05, 3.63) is 136 Å². The van der Waals surface area contributed by atoms with Gasteiger partial charge >= 0.3 is 0 Å². The Balaban J connectivity index is 1.06. The molecule has 0 fully saturated rings. The Bertz CT molecular complexity index is 2310. The number of H-pyrrole nitrogens is 2. The van der Waals surface area contributed by atoms with Crippen molar-refractivity contribution in [2.75, 3.05) is 5.32 Å². The second-order valence-electron chi connectivity index (χ2n) is 11.9. The van der Waals surface area contributed by atoms with Crippen molar-refractivity contribution in [2.45, 2.75) is 26.2 Å². The molecule has 0 aliphatic carbocycles. The third kappa shape index (κ3) is 8.69. The van der Waals surface area contributed by atoms with Crippen LogP contribution in [0.2, 0.25) is 0 Å². The van der Waals surface area contributed by atoms with Crippen LogP contribution in [0.15, 0.2) is 107 Å². The molecule has 258 valence electrons. The molecule has 0 bridgehead atoms. The molecule has 6 aromatic rings. The third-order valence-electron chi connectivity index (χ3n) is 8.03. The molecule has 6 rings (SSSR count). The van der Waals surface area contributed by atoms with Gasteiger partial charge in [0.15, 0.2) is 11.9 Å². The minimum Gasteiger partial charge on any atom is -0.370 e. The number of aromatic nitrogens is 2. The van der Waals surface area contributed by atoms with E-state index in [0.717, 1.165) is 33.2 Å². The number of carbonyl (C=O) groups is 3. The molecule has 0 atom stereocenters. The highest BCUT2D eigenvalue weighted by Crippen LogP contribution is 2.23. The first-order chi connectivity index (χ1) is 24.6. The molecule has 0 saturated heterocycles. The number of anilines is 1. The molecule has 0 aliphatic rings. The summed E-state index contributed by atoms with van der Waals surface area (Å²) in [6.07, 6.45) is 0. The summed E-state index contributed by atoms with van der Waals surface area (Å²) in [5, 5.41) is 10.2. The number of aliphatic imine (C=N–C) groups is 2. The summed E-state index contributed by atoms with van der Waals surface area (Å²) >= 11 is 0. The molecule has 2 aromatic heterocycles. The Labute approximate surface area is 292 Å². The molecule has 2 heterocycles. The highest BCUT2D eigenvalue weighted by molar-refractivity contribution is 6.08. The predicted molar refractivity (Wildman–Crippen MR) is 199 cm³/mol. The maximum atomic E-state index is 13.2. The zero-order valence-electron chi connectivity index (χ0n) is 27.5. The molecular formula is C37H37N11O3. The summed E-state index contributed by atoms with van der Waals surface area (Å²) in [6, 6.07) is 29.2. The van der Waals surface area contributed by atoms with Crippen molar-refractivity contribution >= 4 is 57.1 Å². The van der Waals surface area contributed by atoms with E-state index in [0.29, 0.717) is 59.7 Å². The zero-order chi connectivity index (χ0) is 35.9. The molecule has 0 aliphatic heterocycles. The van der Waals surface area contributed by atoms with Gasteiger partial charge in [-0.1, -0.05) is 48.5 Å². The molecule has 3 amide bonds. The summed E-state index contributed by atoms with van der Waals surface area (Å²) in [5.41, 5.74) is 28.5. The smallest absolute Gasteiger partial charge is 0.267 e. The third-order valence-corrected chi connectivity index (χ3v) is 8.03. The van der Waals surface area contributed by atoms with Crippen molar-refractivity contribution in [3.8, 4) is 0 Å². The van der Waals surface area contributed by atoms with E-state index >= 15 is 0 Å². The Morgan fingerprint density at radius 2 is 1.04 bits per heavy atom. The topological polar surface area (TPSA) is 248 Å². The number of nitrogens with one attached hydrogen (secondary N) is 5. The fraction of sp³-hybridized carbons (Fsp3) is 0.108. The first-order valence-corrected chi connectivity index (χ1v) is 16.0. The Morgan fingerprint density at radius 1 is 0.549 bits per heavy atom. The van der Waals surface area contributed by atoms with Crippen LogP contribution >= 0.6 is 0 Å². The summed E-state index contributed by atoms with van der Waals surface area (Å²) in [4.78, 5) is 53.4. The van der Waals surface area contributed by atoms with Crippen molar-refractivity contribution in [3.63, 3.8) is 0 Å². The average molecular weight is 684 g/mol. The molecule has 51 heavy (non-hydrogen) atoms. The van der Waals surface area contributed by atoms with Crippen LogP contribution in [0.5, 0.6) is 0 Å². The number of guanidine groups is 2. The number of aromatic amines is 2. The number of benzene rings is 4. The number of nitrogens with zero attached hydrogens (tertiary/aromatic N) is 2. The number of amides is 3. The fourth-order valence-electron chi connectivity index (χ4n) is 5.53. The lowest BCUT2D eigenvalue weighted by Crippen LogP contribution is -2.23. The van der Waals surface area contributed by atoms with Crippen LogP contribution in [0.1, 0.15) is 53.6 Å². The van der Waals surface area contributed by atoms with Gasteiger partial charge in [-0.3, -0.25) is 14.4 Å². The molecule has 0 unspecified atom stereocenters. The van der Waals surface area contributed by atoms with Gasteiger partial charge in [0.2, 0.25) is 0 Å². The van der Waals surface area contributed by atoms with Crippen LogP contribution in [0.4, 0.5) is 5.69 Å². The molecular weight excluding hydrogens is 646 g/mol. The largest absolute Gasteiger partial charge is 0.370 e. The van der Waals surface area contributed by atoms with Crippen LogP contribution in [-0.2, 0) is 26.2 Å². The second-order valence-corrected chi connectivity index (χ2v) is 11.9. The first-order valence-electron chi connectivity index (χ1n) is 16.0. The highest BCUT2D eigenvalue weighted by atomic mass is 16.2. The van der Waals surface area contributed by atoms with E-state index in [1.165, 1.54) is 0 Å². The van der Waals surface area contributed by atoms with E-state index < -0.39 is 0 Å². The van der Waals surface area contributed by atoms with Crippen LogP contribution in [-0.4, -0.2) is 39.6 Å². The molecule has 0 spiro atoms. The van der Waals surface area contributed by atoms with E-state index in [4.69, 9.17) is 22.9 Å².